The van der Waals surface area contributed by atoms with Gasteiger partial charge in [-0.1, -0.05) is 17.7 Å². The Balaban J connectivity index is 1.05. The molecule has 2 aliphatic carbocycles. The van der Waals surface area contributed by atoms with Gasteiger partial charge in [-0.3, -0.25) is 9.59 Å². The summed E-state index contributed by atoms with van der Waals surface area (Å²) in [5.41, 5.74) is 5.41. The molecule has 7 nitrogen and oxygen atoms in total. The normalized spacial score (nSPS) is 26.7. The van der Waals surface area contributed by atoms with E-state index in [2.05, 4.69) is 23.3 Å². The molecule has 39 heavy (non-hydrogen) atoms. The summed E-state index contributed by atoms with van der Waals surface area (Å²) in [7, 11) is 0. The van der Waals surface area contributed by atoms with E-state index in [9.17, 15) is 14.7 Å². The average molecular weight is 544 g/mol. The van der Waals surface area contributed by atoms with Crippen LogP contribution in [0.5, 0.6) is 5.75 Å². The number of amides is 1. The Bertz CT molecular complexity index is 1460. The van der Waals surface area contributed by atoms with E-state index in [1.54, 1.807) is 11.3 Å². The van der Waals surface area contributed by atoms with Crippen LogP contribution in [-0.4, -0.2) is 53.0 Å². The van der Waals surface area contributed by atoms with Crippen LogP contribution in [0.15, 0.2) is 41.8 Å². The van der Waals surface area contributed by atoms with E-state index in [0.29, 0.717) is 12.5 Å². The largest absolute Gasteiger partial charge is 0.488 e. The van der Waals surface area contributed by atoms with Gasteiger partial charge in [0.25, 0.3) is 5.91 Å². The standard InChI is InChI=1S/C31H33N3O4S/c1-18-6-9-26(38-16-21-8-7-20(13-19(21)2)28(35)33-10-4-3-5-11-33)22(12-18)25-17-39-30(32-25)34-14-23-27-24(15-34)31(23,27)29(36)37/h6-9,12-13,17,23-24,27H,3-5,10-11,14-16H2,1-2H3,(H,36,37)/t23-,24+,27?,31?. The van der Waals surface area contributed by atoms with Gasteiger partial charge in [-0.05, 0) is 86.3 Å². The zero-order valence-electron chi connectivity index (χ0n) is 22.4. The van der Waals surface area contributed by atoms with Crippen LogP contribution in [0, 0.1) is 37.0 Å². The molecule has 4 atom stereocenters. The van der Waals surface area contributed by atoms with Gasteiger partial charge >= 0.3 is 5.97 Å². The zero-order valence-corrected chi connectivity index (χ0v) is 23.2. The molecule has 8 rings (SSSR count). The summed E-state index contributed by atoms with van der Waals surface area (Å²) < 4.78 is 6.34. The first kappa shape index (κ1) is 24.6. The Morgan fingerprint density at radius 3 is 2.54 bits per heavy atom. The molecule has 2 aromatic carbocycles. The molecule has 0 radical (unpaired) electrons. The Labute approximate surface area is 232 Å². The lowest BCUT2D eigenvalue weighted by atomic mass is 9.91. The number of rotatable bonds is 7. The number of carboxylic acids is 1. The molecule has 2 saturated carbocycles. The fraction of sp³-hybridized carbons (Fsp3) is 0.452. The van der Waals surface area contributed by atoms with Crippen LogP contribution in [-0.2, 0) is 11.4 Å². The minimum atomic E-state index is -0.609. The fourth-order valence-corrected chi connectivity index (χ4v) is 7.93. The first-order valence-electron chi connectivity index (χ1n) is 13.9. The van der Waals surface area contributed by atoms with Crippen molar-refractivity contribution in [1.29, 1.82) is 0 Å². The predicted molar refractivity (Wildman–Crippen MR) is 150 cm³/mol. The molecule has 0 spiro atoms. The lowest BCUT2D eigenvalue weighted by molar-refractivity contribution is -0.142. The molecule has 8 heteroatoms. The highest BCUT2D eigenvalue weighted by molar-refractivity contribution is 7.14. The second kappa shape index (κ2) is 9.08. The second-order valence-corrected chi connectivity index (χ2v) is 12.5. The van der Waals surface area contributed by atoms with Crippen LogP contribution in [0.2, 0.25) is 0 Å². The van der Waals surface area contributed by atoms with Gasteiger partial charge in [-0.15, -0.1) is 11.3 Å². The highest BCUT2D eigenvalue weighted by Gasteiger charge is 2.92. The van der Waals surface area contributed by atoms with Crippen LogP contribution >= 0.6 is 11.3 Å². The van der Waals surface area contributed by atoms with Crippen LogP contribution in [0.4, 0.5) is 5.13 Å². The number of hydrogen-bond donors (Lipinski definition) is 1. The number of likely N-dealkylation sites (tertiary alicyclic amines) is 1. The predicted octanol–water partition coefficient (Wildman–Crippen LogP) is 5.40. The van der Waals surface area contributed by atoms with E-state index >= 15 is 0 Å². The third-order valence-electron chi connectivity index (χ3n) is 9.42. The lowest BCUT2D eigenvalue weighted by Crippen LogP contribution is -2.42. The van der Waals surface area contributed by atoms with Gasteiger partial charge in [-0.2, -0.15) is 0 Å². The number of carboxylic acid groups (broad SMARTS) is 1. The van der Waals surface area contributed by atoms with Gasteiger partial charge in [0.1, 0.15) is 12.4 Å². The molecule has 3 aromatic rings. The summed E-state index contributed by atoms with van der Waals surface area (Å²) in [6.45, 7) is 7.77. The minimum absolute atomic E-state index is 0.121. The first-order valence-corrected chi connectivity index (χ1v) is 14.8. The molecule has 2 unspecified atom stereocenters. The molecule has 1 aromatic heterocycles. The SMILES string of the molecule is Cc1ccc(OCc2ccc(C(=O)N3CCCCC3)cc2C)c(-c2csc(N3C[C@@H]4C5[C@H](C3)C54C(=O)O)n2)c1. The second-order valence-electron chi connectivity index (χ2n) is 11.7. The lowest BCUT2D eigenvalue weighted by Gasteiger charge is -2.34. The molecular weight excluding hydrogens is 510 g/mol. The Hall–Kier alpha value is -3.39. The maximum Gasteiger partial charge on any atom is 0.310 e. The third-order valence-corrected chi connectivity index (χ3v) is 10.3. The van der Waals surface area contributed by atoms with E-state index in [1.807, 2.05) is 42.2 Å². The van der Waals surface area contributed by atoms with Gasteiger partial charge in [-0.25, -0.2) is 4.98 Å². The number of thiazole rings is 1. The Kier molecular flexibility index (Phi) is 5.74. The molecule has 4 heterocycles. The minimum Gasteiger partial charge on any atom is -0.488 e. The highest BCUT2D eigenvalue weighted by Crippen LogP contribution is 2.86. The van der Waals surface area contributed by atoms with Crippen LogP contribution < -0.4 is 9.64 Å². The number of benzene rings is 2. The van der Waals surface area contributed by atoms with E-state index in [4.69, 9.17) is 9.72 Å². The van der Waals surface area contributed by atoms with Crippen molar-refractivity contribution in [2.45, 2.75) is 39.7 Å². The number of carbonyl (C=O) groups is 2. The molecule has 5 fully saturated rings. The Morgan fingerprint density at radius 2 is 1.85 bits per heavy atom. The van der Waals surface area contributed by atoms with Gasteiger partial charge in [0.15, 0.2) is 5.13 Å². The Morgan fingerprint density at radius 1 is 1.08 bits per heavy atom. The van der Waals surface area contributed by atoms with Crippen molar-refractivity contribution in [1.82, 2.24) is 9.88 Å². The number of piperidine rings is 3. The van der Waals surface area contributed by atoms with Crippen LogP contribution in [0.25, 0.3) is 11.3 Å². The van der Waals surface area contributed by atoms with Gasteiger partial charge in [0.2, 0.25) is 0 Å². The maximum absolute atomic E-state index is 12.9. The smallest absolute Gasteiger partial charge is 0.310 e. The molecule has 3 aliphatic heterocycles. The molecule has 3 saturated heterocycles. The number of carbonyl (C=O) groups excluding carboxylic acids is 1. The molecule has 1 N–H and O–H groups in total. The molecule has 2 bridgehead atoms. The van der Waals surface area contributed by atoms with Crippen molar-refractivity contribution in [3.8, 4) is 17.0 Å². The summed E-state index contributed by atoms with van der Waals surface area (Å²) in [5, 5.41) is 12.6. The van der Waals surface area contributed by atoms with Gasteiger partial charge < -0.3 is 19.6 Å². The summed E-state index contributed by atoms with van der Waals surface area (Å²) in [6.07, 6.45) is 3.37. The van der Waals surface area contributed by atoms with Crippen molar-refractivity contribution in [2.75, 3.05) is 31.1 Å². The van der Waals surface area contributed by atoms with Gasteiger partial charge in [0.05, 0.1) is 11.1 Å². The van der Waals surface area contributed by atoms with E-state index in [1.165, 1.54) is 6.42 Å². The fourth-order valence-electron chi connectivity index (χ4n) is 7.08. The van der Waals surface area contributed by atoms with Crippen LogP contribution in [0.1, 0.15) is 46.3 Å². The summed E-state index contributed by atoms with van der Waals surface area (Å²) in [6, 6.07) is 12.1. The van der Waals surface area contributed by atoms with Crippen molar-refractivity contribution in [2.24, 2.45) is 23.2 Å². The van der Waals surface area contributed by atoms with Crippen molar-refractivity contribution in [3.05, 3.63) is 64.0 Å². The molecular formula is C31H33N3O4S. The third kappa shape index (κ3) is 3.94. The number of ether oxygens (including phenoxy) is 1. The quantitative estimate of drug-likeness (QED) is 0.430. The van der Waals surface area contributed by atoms with Gasteiger partial charge in [0, 0.05) is 42.7 Å². The van der Waals surface area contributed by atoms with Crippen molar-refractivity contribution in [3.63, 3.8) is 0 Å². The first-order chi connectivity index (χ1) is 18.9. The summed E-state index contributed by atoms with van der Waals surface area (Å²) in [4.78, 5) is 33.8. The van der Waals surface area contributed by atoms with E-state index < -0.39 is 11.4 Å². The maximum atomic E-state index is 12.9. The van der Waals surface area contributed by atoms with Crippen molar-refractivity contribution < 1.29 is 19.4 Å². The monoisotopic (exact) mass is 543 g/mol. The number of anilines is 1. The zero-order chi connectivity index (χ0) is 26.9. The number of aryl methyl sites for hydroxylation is 2. The number of nitrogens with zero attached hydrogens (tertiary/aromatic N) is 3. The topological polar surface area (TPSA) is 83.0 Å². The summed E-state index contributed by atoms with van der Waals surface area (Å²) in [5.74, 6) is 1.24. The summed E-state index contributed by atoms with van der Waals surface area (Å²) >= 11 is 1.61. The number of hydrogen-bond acceptors (Lipinski definition) is 6. The average Bonchev–Trinajstić information content (AvgIpc) is 3.76. The van der Waals surface area contributed by atoms with Crippen molar-refractivity contribution >= 4 is 28.3 Å². The van der Waals surface area contributed by atoms with E-state index in [-0.39, 0.29) is 17.7 Å². The van der Waals surface area contributed by atoms with E-state index in [0.717, 1.165) is 83.4 Å². The number of aliphatic carboxylic acids is 1. The number of aromatic nitrogens is 1. The molecule has 202 valence electrons. The van der Waals surface area contributed by atoms with Crippen LogP contribution in [0.3, 0.4) is 0 Å². The highest BCUT2D eigenvalue weighted by atomic mass is 32.1. The molecule has 1 amide bonds. The molecule has 5 aliphatic rings. The number of fused-ring (bicyclic) bond motifs is 2.